The van der Waals surface area contributed by atoms with Crippen LogP contribution in [0.2, 0.25) is 0 Å². The second-order valence-electron chi connectivity index (χ2n) is 4.38. The molecule has 0 saturated carbocycles. The fraction of sp³-hybridized carbons (Fsp3) is 0.231. The summed E-state index contributed by atoms with van der Waals surface area (Å²) in [6, 6.07) is 4.22. The molecule has 0 unspecified atom stereocenters. The summed E-state index contributed by atoms with van der Waals surface area (Å²) in [5, 5.41) is 8.34. The van der Waals surface area contributed by atoms with Gasteiger partial charge in [0, 0.05) is 20.6 Å². The average molecular weight is 369 g/mol. The van der Waals surface area contributed by atoms with Gasteiger partial charge in [0.15, 0.2) is 0 Å². The van der Waals surface area contributed by atoms with Crippen LogP contribution in [0, 0.1) is 0 Å². The van der Waals surface area contributed by atoms with Gasteiger partial charge in [0.2, 0.25) is 5.95 Å². The first-order chi connectivity index (χ1) is 9.67. The molecular formula is C13H13BrN4S2. The van der Waals surface area contributed by atoms with E-state index in [-0.39, 0.29) is 0 Å². The van der Waals surface area contributed by atoms with Gasteiger partial charge < -0.3 is 10.2 Å². The molecule has 0 aliphatic rings. The Morgan fingerprint density at radius 2 is 2.20 bits per heavy atom. The van der Waals surface area contributed by atoms with Gasteiger partial charge in [-0.05, 0) is 44.4 Å². The molecule has 20 heavy (non-hydrogen) atoms. The maximum atomic E-state index is 4.60. The van der Waals surface area contributed by atoms with Crippen molar-refractivity contribution in [1.29, 1.82) is 0 Å². The fourth-order valence-corrected chi connectivity index (χ4v) is 3.98. The van der Waals surface area contributed by atoms with Crippen LogP contribution in [0.5, 0.6) is 0 Å². The number of halogens is 1. The summed E-state index contributed by atoms with van der Waals surface area (Å²) < 4.78 is 1.15. The van der Waals surface area contributed by atoms with Crippen LogP contribution in [0.3, 0.4) is 0 Å². The van der Waals surface area contributed by atoms with Gasteiger partial charge in [-0.1, -0.05) is 0 Å². The predicted octanol–water partition coefficient (Wildman–Crippen LogP) is 4.19. The lowest BCUT2D eigenvalue weighted by Crippen LogP contribution is -2.18. The SMILES string of the molecule is CNc1nc(N(C)Cc2csc(Br)c2)c2ccsc2n1. The van der Waals surface area contributed by atoms with Crippen molar-refractivity contribution in [2.75, 3.05) is 24.3 Å². The Labute approximate surface area is 133 Å². The summed E-state index contributed by atoms with van der Waals surface area (Å²) in [5.41, 5.74) is 1.28. The van der Waals surface area contributed by atoms with E-state index in [0.29, 0.717) is 5.95 Å². The molecule has 0 atom stereocenters. The highest BCUT2D eigenvalue weighted by molar-refractivity contribution is 9.11. The van der Waals surface area contributed by atoms with Gasteiger partial charge in [-0.3, -0.25) is 0 Å². The largest absolute Gasteiger partial charge is 0.357 e. The number of thiophene rings is 2. The van der Waals surface area contributed by atoms with Crippen LogP contribution in [0.4, 0.5) is 11.8 Å². The Morgan fingerprint density at radius 3 is 2.90 bits per heavy atom. The molecule has 3 heterocycles. The summed E-state index contributed by atoms with van der Waals surface area (Å²) >= 11 is 6.84. The molecule has 0 fully saturated rings. The van der Waals surface area contributed by atoms with Crippen LogP contribution in [0.15, 0.2) is 26.7 Å². The van der Waals surface area contributed by atoms with E-state index in [4.69, 9.17) is 0 Å². The van der Waals surface area contributed by atoms with E-state index in [1.807, 2.05) is 7.05 Å². The van der Waals surface area contributed by atoms with E-state index in [2.05, 4.69) is 66.1 Å². The molecule has 0 radical (unpaired) electrons. The Kier molecular flexibility index (Phi) is 3.91. The van der Waals surface area contributed by atoms with E-state index >= 15 is 0 Å². The molecule has 0 aliphatic carbocycles. The molecule has 3 rings (SSSR count). The average Bonchev–Trinajstić information content (AvgIpc) is 3.06. The minimum Gasteiger partial charge on any atom is -0.357 e. The third-order valence-corrected chi connectivity index (χ3v) is 5.29. The predicted molar refractivity (Wildman–Crippen MR) is 91.1 cm³/mol. The first-order valence-electron chi connectivity index (χ1n) is 6.04. The Balaban J connectivity index is 1.97. The van der Waals surface area contributed by atoms with Gasteiger partial charge in [-0.25, -0.2) is 4.98 Å². The minimum absolute atomic E-state index is 0.660. The molecule has 3 aromatic heterocycles. The van der Waals surface area contributed by atoms with E-state index in [1.54, 1.807) is 22.7 Å². The van der Waals surface area contributed by atoms with Gasteiger partial charge in [-0.2, -0.15) is 4.98 Å². The maximum Gasteiger partial charge on any atom is 0.225 e. The molecule has 0 aliphatic heterocycles. The molecule has 0 bridgehead atoms. The number of hydrogen-bond acceptors (Lipinski definition) is 6. The fourth-order valence-electron chi connectivity index (χ4n) is 2.02. The zero-order valence-corrected chi connectivity index (χ0v) is 14.3. The number of hydrogen-bond donors (Lipinski definition) is 1. The first kappa shape index (κ1) is 13.8. The van der Waals surface area contributed by atoms with Crippen molar-refractivity contribution in [2.24, 2.45) is 0 Å². The third kappa shape index (κ3) is 2.65. The van der Waals surface area contributed by atoms with Crippen molar-refractivity contribution in [2.45, 2.75) is 6.54 Å². The van der Waals surface area contributed by atoms with Gasteiger partial charge in [-0.15, -0.1) is 22.7 Å². The zero-order chi connectivity index (χ0) is 14.1. The van der Waals surface area contributed by atoms with E-state index < -0.39 is 0 Å². The van der Waals surface area contributed by atoms with Crippen molar-refractivity contribution >= 4 is 60.6 Å². The lowest BCUT2D eigenvalue weighted by atomic mass is 10.3. The first-order valence-corrected chi connectivity index (χ1v) is 8.59. The number of nitrogens with zero attached hydrogens (tertiary/aromatic N) is 3. The second kappa shape index (κ2) is 5.67. The van der Waals surface area contributed by atoms with Crippen LogP contribution < -0.4 is 10.2 Å². The molecule has 0 saturated heterocycles. The Hall–Kier alpha value is -1.18. The van der Waals surface area contributed by atoms with Crippen LogP contribution in [0.1, 0.15) is 5.56 Å². The van der Waals surface area contributed by atoms with Crippen molar-refractivity contribution in [3.05, 3.63) is 32.2 Å². The van der Waals surface area contributed by atoms with E-state index in [9.17, 15) is 0 Å². The topological polar surface area (TPSA) is 41.1 Å². The Bertz CT molecular complexity index is 737. The molecule has 0 aromatic carbocycles. The zero-order valence-electron chi connectivity index (χ0n) is 11.1. The van der Waals surface area contributed by atoms with Crippen molar-refractivity contribution < 1.29 is 0 Å². The van der Waals surface area contributed by atoms with Crippen LogP contribution >= 0.6 is 38.6 Å². The maximum absolute atomic E-state index is 4.60. The molecule has 3 aromatic rings. The lowest BCUT2D eigenvalue weighted by Gasteiger charge is -2.19. The smallest absolute Gasteiger partial charge is 0.225 e. The molecule has 7 heteroatoms. The molecule has 1 N–H and O–H groups in total. The summed E-state index contributed by atoms with van der Waals surface area (Å²) in [7, 11) is 3.90. The highest BCUT2D eigenvalue weighted by atomic mass is 79.9. The summed E-state index contributed by atoms with van der Waals surface area (Å²) in [6.45, 7) is 0.827. The minimum atomic E-state index is 0.660. The number of rotatable bonds is 4. The number of anilines is 2. The summed E-state index contributed by atoms with van der Waals surface area (Å²) in [5.74, 6) is 1.62. The summed E-state index contributed by atoms with van der Waals surface area (Å²) in [4.78, 5) is 12.2. The number of fused-ring (bicyclic) bond motifs is 1. The quantitative estimate of drug-likeness (QED) is 0.749. The number of nitrogens with one attached hydrogen (secondary N) is 1. The molecule has 4 nitrogen and oxygen atoms in total. The van der Waals surface area contributed by atoms with Crippen LogP contribution in [-0.4, -0.2) is 24.1 Å². The van der Waals surface area contributed by atoms with Gasteiger partial charge >= 0.3 is 0 Å². The number of aromatic nitrogens is 2. The second-order valence-corrected chi connectivity index (χ2v) is 7.56. The van der Waals surface area contributed by atoms with Crippen LogP contribution in [-0.2, 0) is 6.54 Å². The molecule has 0 amide bonds. The standard InChI is InChI=1S/C13H13BrN4S2/c1-15-13-16-11(9-3-4-19-12(9)17-13)18(2)6-8-5-10(14)20-7-8/h3-5,7H,6H2,1-2H3,(H,15,16,17). The van der Waals surface area contributed by atoms with E-state index in [1.165, 1.54) is 5.56 Å². The third-order valence-electron chi connectivity index (χ3n) is 2.93. The highest BCUT2D eigenvalue weighted by Crippen LogP contribution is 2.30. The highest BCUT2D eigenvalue weighted by Gasteiger charge is 2.13. The van der Waals surface area contributed by atoms with Gasteiger partial charge in [0.05, 0.1) is 9.17 Å². The van der Waals surface area contributed by atoms with Crippen molar-refractivity contribution in [3.8, 4) is 0 Å². The molecule has 104 valence electrons. The normalized spacial score (nSPS) is 10.9. The molecule has 0 spiro atoms. The van der Waals surface area contributed by atoms with Crippen LogP contribution in [0.25, 0.3) is 10.2 Å². The van der Waals surface area contributed by atoms with Gasteiger partial charge in [0.1, 0.15) is 10.6 Å². The molecular weight excluding hydrogens is 356 g/mol. The van der Waals surface area contributed by atoms with Crippen molar-refractivity contribution in [3.63, 3.8) is 0 Å². The van der Waals surface area contributed by atoms with E-state index in [0.717, 1.165) is 26.4 Å². The monoisotopic (exact) mass is 368 g/mol. The Morgan fingerprint density at radius 1 is 1.35 bits per heavy atom. The lowest BCUT2D eigenvalue weighted by molar-refractivity contribution is 0.905. The summed E-state index contributed by atoms with van der Waals surface area (Å²) in [6.07, 6.45) is 0. The van der Waals surface area contributed by atoms with Crippen molar-refractivity contribution in [1.82, 2.24) is 9.97 Å². The van der Waals surface area contributed by atoms with Gasteiger partial charge in [0.25, 0.3) is 0 Å².